The average molecular weight is 310 g/mol. The second-order valence-corrected chi connectivity index (χ2v) is 5.24. The highest BCUT2D eigenvalue weighted by Gasteiger charge is 2.19. The molecule has 0 aliphatic heterocycles. The van der Waals surface area contributed by atoms with E-state index < -0.39 is 0 Å². The van der Waals surface area contributed by atoms with Crippen molar-refractivity contribution < 1.29 is 4.74 Å². The van der Waals surface area contributed by atoms with Gasteiger partial charge in [-0.1, -0.05) is 48.3 Å². The first-order valence-corrected chi connectivity index (χ1v) is 7.24. The van der Waals surface area contributed by atoms with Crippen molar-refractivity contribution in [2.75, 3.05) is 13.7 Å². The molecule has 0 aliphatic carbocycles. The maximum atomic E-state index is 6.33. The van der Waals surface area contributed by atoms with Crippen LogP contribution < -0.4 is 10.1 Å². The Kier molecular flexibility index (Phi) is 5.30. The molecule has 0 saturated heterocycles. The van der Waals surface area contributed by atoms with E-state index in [0.29, 0.717) is 5.02 Å². The summed E-state index contributed by atoms with van der Waals surface area (Å²) in [6.45, 7) is 2.87. The zero-order valence-electron chi connectivity index (χ0n) is 11.5. The summed E-state index contributed by atoms with van der Waals surface area (Å²) >= 11 is 12.5. The van der Waals surface area contributed by atoms with Crippen LogP contribution in [-0.2, 0) is 0 Å². The average Bonchev–Trinajstić information content (AvgIpc) is 2.46. The monoisotopic (exact) mass is 309 g/mol. The van der Waals surface area contributed by atoms with Crippen LogP contribution in [0.5, 0.6) is 5.75 Å². The van der Waals surface area contributed by atoms with Gasteiger partial charge >= 0.3 is 0 Å². The molecule has 1 unspecified atom stereocenters. The van der Waals surface area contributed by atoms with Crippen LogP contribution in [-0.4, -0.2) is 13.7 Å². The predicted molar refractivity (Wildman–Crippen MR) is 85.0 cm³/mol. The van der Waals surface area contributed by atoms with Gasteiger partial charge in [-0.25, -0.2) is 0 Å². The highest BCUT2D eigenvalue weighted by molar-refractivity contribution is 6.31. The minimum absolute atomic E-state index is 0.0534. The Hall–Kier alpha value is -1.22. The molecule has 1 atom stereocenters. The molecule has 2 aromatic rings. The fraction of sp³-hybridized carbons (Fsp3) is 0.250. The van der Waals surface area contributed by atoms with Gasteiger partial charge in [0.25, 0.3) is 0 Å². The summed E-state index contributed by atoms with van der Waals surface area (Å²) in [4.78, 5) is 0. The van der Waals surface area contributed by atoms with Gasteiger partial charge in [0.05, 0.1) is 13.2 Å². The third-order valence-corrected chi connectivity index (χ3v) is 3.71. The molecule has 0 aromatic heterocycles. The van der Waals surface area contributed by atoms with E-state index in [1.807, 2.05) is 42.5 Å². The molecule has 0 aliphatic rings. The van der Waals surface area contributed by atoms with E-state index in [9.17, 15) is 0 Å². The quantitative estimate of drug-likeness (QED) is 0.864. The first-order chi connectivity index (χ1) is 9.67. The van der Waals surface area contributed by atoms with Gasteiger partial charge in [-0.2, -0.15) is 0 Å². The molecule has 0 radical (unpaired) electrons. The summed E-state index contributed by atoms with van der Waals surface area (Å²) in [5, 5.41) is 4.83. The molecule has 0 bridgehead atoms. The van der Waals surface area contributed by atoms with Crippen LogP contribution in [0.15, 0.2) is 42.5 Å². The van der Waals surface area contributed by atoms with Crippen LogP contribution in [0.25, 0.3) is 0 Å². The van der Waals surface area contributed by atoms with Crippen molar-refractivity contribution >= 4 is 23.2 Å². The fourth-order valence-electron chi connectivity index (χ4n) is 2.23. The third kappa shape index (κ3) is 3.26. The number of hydrogen-bond acceptors (Lipinski definition) is 2. The lowest BCUT2D eigenvalue weighted by Gasteiger charge is -2.22. The molecule has 106 valence electrons. The van der Waals surface area contributed by atoms with Crippen molar-refractivity contribution in [2.45, 2.75) is 13.0 Å². The predicted octanol–water partition coefficient (Wildman–Crippen LogP) is 4.70. The molecule has 0 amide bonds. The SMILES string of the molecule is CCNC(c1ccccc1Cl)c1cc(Cl)ccc1OC. The van der Waals surface area contributed by atoms with Crippen molar-refractivity contribution in [1.29, 1.82) is 0 Å². The lowest BCUT2D eigenvalue weighted by atomic mass is 9.97. The van der Waals surface area contributed by atoms with E-state index in [4.69, 9.17) is 27.9 Å². The van der Waals surface area contributed by atoms with Crippen LogP contribution in [0.2, 0.25) is 10.0 Å². The van der Waals surface area contributed by atoms with Gasteiger partial charge in [-0.15, -0.1) is 0 Å². The van der Waals surface area contributed by atoms with E-state index in [1.54, 1.807) is 7.11 Å². The second-order valence-electron chi connectivity index (χ2n) is 4.40. The number of ether oxygens (including phenoxy) is 1. The number of benzene rings is 2. The molecule has 1 N–H and O–H groups in total. The Bertz CT molecular complexity index is 586. The largest absolute Gasteiger partial charge is 0.496 e. The molecular formula is C16H17Cl2NO. The Labute approximate surface area is 129 Å². The van der Waals surface area contributed by atoms with Crippen LogP contribution in [0.1, 0.15) is 24.1 Å². The van der Waals surface area contributed by atoms with E-state index in [1.165, 1.54) is 0 Å². The van der Waals surface area contributed by atoms with Gasteiger partial charge in [0, 0.05) is 15.6 Å². The first-order valence-electron chi connectivity index (χ1n) is 6.48. The fourth-order valence-corrected chi connectivity index (χ4v) is 2.66. The van der Waals surface area contributed by atoms with Crippen molar-refractivity contribution in [2.24, 2.45) is 0 Å². The highest BCUT2D eigenvalue weighted by atomic mass is 35.5. The molecule has 2 rings (SSSR count). The van der Waals surface area contributed by atoms with E-state index in [2.05, 4.69) is 12.2 Å². The smallest absolute Gasteiger partial charge is 0.124 e. The summed E-state index contributed by atoms with van der Waals surface area (Å²) < 4.78 is 5.45. The molecule has 0 spiro atoms. The van der Waals surface area contributed by atoms with Crippen LogP contribution in [0.3, 0.4) is 0 Å². The Morgan fingerprint density at radius 1 is 1.10 bits per heavy atom. The van der Waals surface area contributed by atoms with Gasteiger partial charge in [0.2, 0.25) is 0 Å². The van der Waals surface area contributed by atoms with Crippen LogP contribution in [0.4, 0.5) is 0 Å². The van der Waals surface area contributed by atoms with Crippen molar-refractivity contribution in [3.63, 3.8) is 0 Å². The molecule has 0 fully saturated rings. The van der Waals surface area contributed by atoms with Crippen LogP contribution in [0, 0.1) is 0 Å². The van der Waals surface area contributed by atoms with Gasteiger partial charge in [0.15, 0.2) is 0 Å². The Balaban J connectivity index is 2.54. The summed E-state index contributed by atoms with van der Waals surface area (Å²) in [5.41, 5.74) is 1.99. The van der Waals surface area contributed by atoms with Crippen molar-refractivity contribution in [3.05, 3.63) is 63.6 Å². The van der Waals surface area contributed by atoms with Crippen molar-refractivity contribution in [1.82, 2.24) is 5.32 Å². The summed E-state index contributed by atoms with van der Waals surface area (Å²) in [5.74, 6) is 0.792. The van der Waals surface area contributed by atoms with Crippen molar-refractivity contribution in [3.8, 4) is 5.75 Å². The van der Waals surface area contributed by atoms with Gasteiger partial charge in [0.1, 0.15) is 5.75 Å². The first kappa shape index (κ1) is 15.2. The normalized spacial score (nSPS) is 12.2. The van der Waals surface area contributed by atoms with E-state index in [-0.39, 0.29) is 6.04 Å². The number of halogens is 2. The van der Waals surface area contributed by atoms with Crippen LogP contribution >= 0.6 is 23.2 Å². The number of hydrogen-bond donors (Lipinski definition) is 1. The summed E-state index contributed by atoms with van der Waals surface area (Å²) in [7, 11) is 1.66. The van der Waals surface area contributed by atoms with E-state index in [0.717, 1.165) is 28.4 Å². The molecule has 20 heavy (non-hydrogen) atoms. The van der Waals surface area contributed by atoms with Gasteiger partial charge < -0.3 is 10.1 Å². The minimum Gasteiger partial charge on any atom is -0.496 e. The molecule has 0 heterocycles. The van der Waals surface area contributed by atoms with Gasteiger partial charge in [-0.3, -0.25) is 0 Å². The third-order valence-electron chi connectivity index (χ3n) is 3.13. The molecule has 2 nitrogen and oxygen atoms in total. The molecule has 0 saturated carbocycles. The zero-order chi connectivity index (χ0) is 14.5. The Morgan fingerprint density at radius 2 is 1.85 bits per heavy atom. The highest BCUT2D eigenvalue weighted by Crippen LogP contribution is 2.35. The number of methoxy groups -OCH3 is 1. The number of rotatable bonds is 5. The minimum atomic E-state index is -0.0534. The summed E-state index contributed by atoms with van der Waals surface area (Å²) in [6, 6.07) is 13.3. The lowest BCUT2D eigenvalue weighted by Crippen LogP contribution is -2.22. The number of nitrogens with one attached hydrogen (secondary N) is 1. The molecular weight excluding hydrogens is 293 g/mol. The lowest BCUT2D eigenvalue weighted by molar-refractivity contribution is 0.404. The maximum Gasteiger partial charge on any atom is 0.124 e. The molecule has 2 aromatic carbocycles. The molecule has 4 heteroatoms. The maximum absolute atomic E-state index is 6.33. The topological polar surface area (TPSA) is 21.3 Å². The van der Waals surface area contributed by atoms with E-state index >= 15 is 0 Å². The van der Waals surface area contributed by atoms with Gasteiger partial charge in [-0.05, 0) is 36.4 Å². The summed E-state index contributed by atoms with van der Waals surface area (Å²) in [6.07, 6.45) is 0. The zero-order valence-corrected chi connectivity index (χ0v) is 13.0. The standard InChI is InChI=1S/C16H17Cl2NO/c1-3-19-16(12-6-4-5-7-14(12)18)13-10-11(17)8-9-15(13)20-2/h4-10,16,19H,3H2,1-2H3. The Morgan fingerprint density at radius 3 is 2.50 bits per heavy atom. The second kappa shape index (κ2) is 6.98.